The number of aromatic nitrogens is 6. The number of nitrogens with two attached hydrogens (primary N) is 1. The molecule has 4 heterocycles. The Morgan fingerprint density at radius 2 is 1.20 bits per heavy atom. The van der Waals surface area contributed by atoms with E-state index in [0.29, 0.717) is 51.6 Å². The van der Waals surface area contributed by atoms with Gasteiger partial charge >= 0.3 is 5.97 Å². The van der Waals surface area contributed by atoms with Crippen molar-refractivity contribution in [3.05, 3.63) is 125 Å². The molecule has 0 spiro atoms. The summed E-state index contributed by atoms with van der Waals surface area (Å²) in [6, 6.07) is 19.1. The molecular weight excluding hydrogens is 785 g/mol. The summed E-state index contributed by atoms with van der Waals surface area (Å²) >= 11 is 0. The van der Waals surface area contributed by atoms with Gasteiger partial charge in [0.2, 0.25) is 0 Å². The van der Waals surface area contributed by atoms with Crippen LogP contribution >= 0.6 is 0 Å². The van der Waals surface area contributed by atoms with Crippen molar-refractivity contribution < 1.29 is 33.0 Å². The lowest BCUT2D eigenvalue weighted by molar-refractivity contribution is -0.135. The van der Waals surface area contributed by atoms with Crippen molar-refractivity contribution in [1.29, 1.82) is 0 Å². The van der Waals surface area contributed by atoms with Crippen molar-refractivity contribution in [2.45, 2.75) is 44.9 Å². The summed E-state index contributed by atoms with van der Waals surface area (Å²) in [5, 5.41) is 9.03. The summed E-state index contributed by atoms with van der Waals surface area (Å²) in [6.07, 6.45) is 9.03. The van der Waals surface area contributed by atoms with Crippen molar-refractivity contribution in [3.63, 3.8) is 0 Å². The normalized spacial score (nSPS) is 12.2. The number of carboxylic acids is 1. The molecular formula is C45H47F2N9O5. The summed E-state index contributed by atoms with van der Waals surface area (Å²) in [6.45, 7) is 0.0827. The van der Waals surface area contributed by atoms with Gasteiger partial charge in [0.15, 0.2) is 17.4 Å². The van der Waals surface area contributed by atoms with E-state index in [-0.39, 0.29) is 36.9 Å². The predicted octanol–water partition coefficient (Wildman–Crippen LogP) is 6.39. The van der Waals surface area contributed by atoms with Crippen LogP contribution in [-0.4, -0.2) is 88.2 Å². The van der Waals surface area contributed by atoms with Crippen molar-refractivity contribution in [2.24, 2.45) is 0 Å². The number of hydrogen-bond acceptors (Lipinski definition) is 13. The lowest BCUT2D eigenvalue weighted by atomic mass is 10.1. The van der Waals surface area contributed by atoms with Crippen LogP contribution in [0.15, 0.2) is 85.2 Å². The van der Waals surface area contributed by atoms with E-state index < -0.39 is 5.97 Å². The zero-order valence-corrected chi connectivity index (χ0v) is 34.4. The number of pyridine rings is 2. The maximum atomic E-state index is 13.4. The van der Waals surface area contributed by atoms with E-state index in [9.17, 15) is 18.4 Å². The molecule has 0 atom stereocenters. The average Bonchev–Trinajstić information content (AvgIpc) is 3.93. The Bertz CT molecular complexity index is 2490. The summed E-state index contributed by atoms with van der Waals surface area (Å²) in [5.41, 5.74) is 11.7. The summed E-state index contributed by atoms with van der Waals surface area (Å²) in [4.78, 5) is 54.5. The van der Waals surface area contributed by atoms with Crippen LogP contribution in [0.3, 0.4) is 0 Å². The highest BCUT2D eigenvalue weighted by Gasteiger charge is 2.25. The van der Waals surface area contributed by atoms with Gasteiger partial charge in [-0.15, -0.1) is 0 Å². The Morgan fingerprint density at radius 3 is 1.66 bits per heavy atom. The van der Waals surface area contributed by atoms with E-state index in [0.717, 1.165) is 66.9 Å². The molecule has 3 N–H and O–H groups in total. The van der Waals surface area contributed by atoms with Crippen molar-refractivity contribution in [3.8, 4) is 34.5 Å². The minimum absolute atomic E-state index is 0.00508. The summed E-state index contributed by atoms with van der Waals surface area (Å²) in [7, 11) is 6.78. The third-order valence-electron chi connectivity index (χ3n) is 9.86. The number of Topliss-reactive ketones (excluding diaryl/α,β-unsaturated/α-hetero) is 1. The molecule has 0 bridgehead atoms. The highest BCUT2D eigenvalue weighted by atomic mass is 19.1. The third kappa shape index (κ3) is 11.6. The van der Waals surface area contributed by atoms with Gasteiger partial charge in [0.05, 0.1) is 20.8 Å². The second-order valence-corrected chi connectivity index (χ2v) is 14.5. The van der Waals surface area contributed by atoms with Gasteiger partial charge in [0.25, 0.3) is 0 Å². The maximum absolute atomic E-state index is 13.4. The summed E-state index contributed by atoms with van der Waals surface area (Å²) < 4.78 is 36.0. The van der Waals surface area contributed by atoms with Crippen LogP contribution in [0.1, 0.15) is 40.9 Å². The molecule has 61 heavy (non-hydrogen) atoms. The molecule has 14 nitrogen and oxygen atoms in total. The number of aliphatic carboxylic acids is 1. The van der Waals surface area contributed by atoms with Gasteiger partial charge in [-0.3, -0.25) is 19.6 Å². The highest BCUT2D eigenvalue weighted by Crippen LogP contribution is 2.32. The summed E-state index contributed by atoms with van der Waals surface area (Å²) in [5.74, 6) is 2.30. The molecule has 0 unspecified atom stereocenters. The largest absolute Gasteiger partial charge is 0.497 e. The Kier molecular flexibility index (Phi) is 14.4. The number of fused-ring (bicyclic) bond motifs is 2. The Hall–Kier alpha value is -7.10. The van der Waals surface area contributed by atoms with Crippen molar-refractivity contribution >= 4 is 29.1 Å². The third-order valence-corrected chi connectivity index (χ3v) is 9.86. The van der Waals surface area contributed by atoms with Crippen molar-refractivity contribution in [1.82, 2.24) is 29.9 Å². The number of ketones is 1. The van der Waals surface area contributed by atoms with Crippen LogP contribution in [0.25, 0.3) is 23.0 Å². The predicted molar refractivity (Wildman–Crippen MR) is 228 cm³/mol. The number of likely N-dealkylation sites (N-methyl/N-ethyl adjacent to an activating group) is 2. The van der Waals surface area contributed by atoms with Crippen LogP contribution in [0, 0.1) is 11.6 Å². The van der Waals surface area contributed by atoms with Crippen LogP contribution < -0.4 is 25.0 Å². The number of ether oxygens (including phenoxy) is 2. The SMILES string of the molecule is COc1ccnc(-c2nc3c(c(N(C)CC(=O)Cc4cccc(F)c4)n2)CCC3)c1.COc1ccnc(-c2nc3c(c(N(C)CC(=O)O)n2)CCC3)c1.Nc1cccc(F)c1. The van der Waals surface area contributed by atoms with Gasteiger partial charge in [-0.25, -0.2) is 28.7 Å². The van der Waals surface area contributed by atoms with Crippen molar-refractivity contribution in [2.75, 3.05) is 56.9 Å². The number of carboxylic acid groups (broad SMARTS) is 1. The van der Waals surface area contributed by atoms with Gasteiger partial charge in [0, 0.05) is 73.2 Å². The fourth-order valence-corrected chi connectivity index (χ4v) is 7.06. The molecule has 2 aliphatic carbocycles. The molecule has 0 amide bonds. The number of nitrogen functional groups attached to an aromatic ring is 1. The molecule has 316 valence electrons. The molecule has 0 aliphatic heterocycles. The first-order valence-electron chi connectivity index (χ1n) is 19.6. The Morgan fingerprint density at radius 1 is 0.689 bits per heavy atom. The Balaban J connectivity index is 0.000000177. The standard InChI is InChI=1S/C23H23FN4O2.C16H18N4O3.C6H6FN/c1-28(14-17(29)12-15-5-3-6-16(24)11-15)23-19-7-4-8-20(19)26-22(27-23)21-13-18(30-2)9-10-25-21;1-20(9-14(21)22)16-11-4-3-5-12(11)18-15(19-16)13-8-10(23-2)6-7-17-13;7-5-2-1-3-6(8)4-5/h3,5-6,9-11,13H,4,7-8,12,14H2,1-2H3;6-8H,3-5,9H2,1-2H3,(H,21,22);1-4H,8H2. The van der Waals surface area contributed by atoms with Gasteiger partial charge in [-0.1, -0.05) is 18.2 Å². The van der Waals surface area contributed by atoms with Crippen LogP contribution in [-0.2, 0) is 41.7 Å². The molecule has 6 aromatic rings. The number of benzene rings is 2. The maximum Gasteiger partial charge on any atom is 0.323 e. The quantitative estimate of drug-likeness (QED) is 0.129. The zero-order chi connectivity index (χ0) is 43.5. The van der Waals surface area contributed by atoms with Gasteiger partial charge < -0.3 is 30.1 Å². The van der Waals surface area contributed by atoms with Crippen LogP contribution in [0.4, 0.5) is 26.1 Å². The van der Waals surface area contributed by atoms with Crippen LogP contribution in [0.5, 0.6) is 11.5 Å². The topological polar surface area (TPSA) is 183 Å². The molecule has 0 radical (unpaired) electrons. The molecule has 0 saturated carbocycles. The molecule has 4 aromatic heterocycles. The second-order valence-electron chi connectivity index (χ2n) is 14.5. The van der Waals surface area contributed by atoms with E-state index in [4.69, 9.17) is 30.3 Å². The fraction of sp³-hybridized carbons (Fsp3) is 0.289. The first-order chi connectivity index (χ1) is 29.4. The van der Waals surface area contributed by atoms with E-state index in [2.05, 4.69) is 19.9 Å². The van der Waals surface area contributed by atoms with Crippen LogP contribution in [0.2, 0.25) is 0 Å². The average molecular weight is 832 g/mol. The second kappa shape index (κ2) is 20.2. The van der Waals surface area contributed by atoms with E-state index in [1.54, 1.807) is 87.1 Å². The van der Waals surface area contributed by atoms with E-state index in [1.165, 1.54) is 24.3 Å². The smallest absolute Gasteiger partial charge is 0.323 e. The van der Waals surface area contributed by atoms with Gasteiger partial charge in [0.1, 0.15) is 52.7 Å². The molecule has 2 aliphatic rings. The number of hydrogen-bond donors (Lipinski definition) is 2. The minimum Gasteiger partial charge on any atom is -0.497 e. The number of aryl methyl sites for hydroxylation is 2. The number of rotatable bonds is 12. The van der Waals surface area contributed by atoms with Gasteiger partial charge in [-0.05, 0) is 86.6 Å². The monoisotopic (exact) mass is 831 g/mol. The molecule has 0 fully saturated rings. The number of nitrogens with zero attached hydrogens (tertiary/aromatic N) is 8. The first-order valence-corrected chi connectivity index (χ1v) is 19.6. The number of carbonyl (C=O) groups is 2. The lowest BCUT2D eigenvalue weighted by Gasteiger charge is -2.21. The number of carbonyl (C=O) groups excluding carboxylic acids is 1. The van der Waals surface area contributed by atoms with E-state index >= 15 is 0 Å². The number of methoxy groups -OCH3 is 2. The number of halogens is 2. The molecule has 2 aromatic carbocycles. The number of anilines is 3. The Labute approximate surface area is 352 Å². The molecule has 0 saturated heterocycles. The molecule has 16 heteroatoms. The zero-order valence-electron chi connectivity index (χ0n) is 34.4. The minimum atomic E-state index is -0.890. The van der Waals surface area contributed by atoms with E-state index in [1.807, 2.05) is 11.9 Å². The first kappa shape index (κ1) is 43.5. The fourth-order valence-electron chi connectivity index (χ4n) is 7.06. The van der Waals surface area contributed by atoms with Gasteiger partial charge in [-0.2, -0.15) is 0 Å². The highest BCUT2D eigenvalue weighted by molar-refractivity contribution is 5.85. The lowest BCUT2D eigenvalue weighted by Crippen LogP contribution is -2.28. The molecule has 8 rings (SSSR count).